The van der Waals surface area contributed by atoms with Crippen molar-refractivity contribution in [3.8, 4) is 0 Å². The predicted octanol–water partition coefficient (Wildman–Crippen LogP) is 3.02. The van der Waals surface area contributed by atoms with E-state index in [1.54, 1.807) is 0 Å². The second-order valence-corrected chi connectivity index (χ2v) is 6.92. The molecule has 0 aromatic heterocycles. The lowest BCUT2D eigenvalue weighted by Gasteiger charge is -2.27. The number of alkyl halides is 2. The molecule has 1 saturated carbocycles. The van der Waals surface area contributed by atoms with Crippen molar-refractivity contribution >= 4 is 15.8 Å². The number of hydrogen-bond donors (Lipinski definition) is 1. The van der Waals surface area contributed by atoms with Crippen LogP contribution >= 0.6 is 0 Å². The van der Waals surface area contributed by atoms with Gasteiger partial charge in [0.2, 0.25) is 5.92 Å². The van der Waals surface area contributed by atoms with Gasteiger partial charge in [-0.2, -0.15) is 8.42 Å². The molecular weight excluding hydrogens is 320 g/mol. The molecule has 0 amide bonds. The predicted molar refractivity (Wildman–Crippen MR) is 71.6 cm³/mol. The van der Waals surface area contributed by atoms with Crippen molar-refractivity contribution in [2.24, 2.45) is 5.92 Å². The molecule has 0 aliphatic heterocycles. The average Bonchev–Trinajstić information content (AvgIpc) is 2.46. The smallest absolute Gasteiger partial charge is 0.266 e. The molecule has 0 radical (unpaired) electrons. The van der Waals surface area contributed by atoms with E-state index in [0.717, 1.165) is 24.3 Å². The number of nitrogens with zero attached hydrogens (tertiary/aromatic N) is 1. The van der Waals surface area contributed by atoms with E-state index in [0.29, 0.717) is 0 Å². The van der Waals surface area contributed by atoms with Crippen LogP contribution in [0.25, 0.3) is 0 Å². The number of hydrogen-bond acceptors (Lipinski definition) is 4. The van der Waals surface area contributed by atoms with Crippen LogP contribution in [0.3, 0.4) is 0 Å². The second-order valence-electron chi connectivity index (χ2n) is 5.30. The standard InChI is InChI=1S/C13H16F2NO5S/c14-13(15)7-5-10(6-8-13)9-21-22(19,20)12-3-1-11(2-4-12)16(17)18/h1-4,10H,5-9H2,(H,17,18)/q+1. The summed E-state index contributed by atoms with van der Waals surface area (Å²) < 4.78 is 54.8. The van der Waals surface area contributed by atoms with Gasteiger partial charge in [-0.1, -0.05) is 0 Å². The molecule has 1 fully saturated rings. The first-order valence-electron chi connectivity index (χ1n) is 6.73. The first-order valence-corrected chi connectivity index (χ1v) is 8.14. The van der Waals surface area contributed by atoms with E-state index in [-0.39, 0.29) is 53.7 Å². The number of halogens is 2. The molecule has 1 aliphatic rings. The molecule has 0 unspecified atom stereocenters. The minimum atomic E-state index is -4.02. The van der Waals surface area contributed by atoms with Crippen molar-refractivity contribution in [1.82, 2.24) is 0 Å². The van der Waals surface area contributed by atoms with E-state index in [9.17, 15) is 22.1 Å². The Morgan fingerprint density at radius 3 is 2.27 bits per heavy atom. The molecule has 122 valence electrons. The van der Waals surface area contributed by atoms with Gasteiger partial charge in [-0.05, 0) is 30.9 Å². The van der Waals surface area contributed by atoms with Crippen LogP contribution in [-0.4, -0.2) is 31.1 Å². The van der Waals surface area contributed by atoms with Crippen LogP contribution in [0.1, 0.15) is 25.7 Å². The lowest BCUT2D eigenvalue weighted by atomic mass is 9.87. The third-order valence-electron chi connectivity index (χ3n) is 3.64. The van der Waals surface area contributed by atoms with Gasteiger partial charge in [0.15, 0.2) is 0 Å². The molecular formula is C13H16F2NO5S+. The molecule has 22 heavy (non-hydrogen) atoms. The van der Waals surface area contributed by atoms with Gasteiger partial charge in [0.1, 0.15) is 0 Å². The van der Waals surface area contributed by atoms with E-state index in [2.05, 4.69) is 0 Å². The summed E-state index contributed by atoms with van der Waals surface area (Å²) in [6, 6.07) is 4.51. The van der Waals surface area contributed by atoms with E-state index in [1.807, 2.05) is 0 Å². The van der Waals surface area contributed by atoms with E-state index in [4.69, 9.17) is 9.39 Å². The molecule has 6 nitrogen and oxygen atoms in total. The van der Waals surface area contributed by atoms with E-state index < -0.39 is 16.0 Å². The summed E-state index contributed by atoms with van der Waals surface area (Å²) in [7, 11) is -4.02. The van der Waals surface area contributed by atoms with Crippen molar-refractivity contribution in [2.75, 3.05) is 6.61 Å². The third-order valence-corrected chi connectivity index (χ3v) is 4.94. The zero-order valence-corrected chi connectivity index (χ0v) is 12.4. The Bertz CT molecular complexity index is 635. The topological polar surface area (TPSA) is 83.7 Å². The van der Waals surface area contributed by atoms with Crippen LogP contribution in [0, 0.1) is 10.8 Å². The van der Waals surface area contributed by atoms with Crippen molar-refractivity contribution < 1.29 is 31.5 Å². The largest absolute Gasteiger partial charge is 0.316 e. The van der Waals surface area contributed by atoms with Gasteiger partial charge in [0.25, 0.3) is 15.0 Å². The van der Waals surface area contributed by atoms with Crippen molar-refractivity contribution in [2.45, 2.75) is 36.5 Å². The Kier molecular flexibility index (Phi) is 4.76. The SMILES string of the molecule is O=[N+](O)c1ccc(S(=O)(=O)OCC2CCC(F)(F)CC2)cc1. The van der Waals surface area contributed by atoms with Crippen LogP contribution in [0.4, 0.5) is 14.5 Å². The molecule has 1 N–H and O–H groups in total. The van der Waals surface area contributed by atoms with Crippen LogP contribution < -0.4 is 0 Å². The summed E-state index contributed by atoms with van der Waals surface area (Å²) in [5.74, 6) is -2.89. The zero-order chi connectivity index (χ0) is 16.4. The van der Waals surface area contributed by atoms with Crippen LogP contribution in [0.5, 0.6) is 0 Å². The Balaban J connectivity index is 1.95. The zero-order valence-electron chi connectivity index (χ0n) is 11.6. The molecule has 1 aliphatic carbocycles. The van der Waals surface area contributed by atoms with Gasteiger partial charge >= 0.3 is 5.69 Å². The highest BCUT2D eigenvalue weighted by molar-refractivity contribution is 7.86. The summed E-state index contributed by atoms with van der Waals surface area (Å²) in [4.78, 5) is 10.1. The van der Waals surface area contributed by atoms with Crippen molar-refractivity contribution in [3.63, 3.8) is 0 Å². The lowest BCUT2D eigenvalue weighted by Crippen LogP contribution is -2.27. The first kappa shape index (κ1) is 16.8. The minimum Gasteiger partial charge on any atom is -0.266 e. The molecule has 0 atom stereocenters. The lowest BCUT2D eigenvalue weighted by molar-refractivity contribution is -0.729. The highest BCUT2D eigenvalue weighted by Gasteiger charge is 2.35. The molecule has 1 aromatic rings. The Labute approximate surface area is 126 Å². The number of benzene rings is 1. The summed E-state index contributed by atoms with van der Waals surface area (Å²) >= 11 is 0. The third kappa shape index (κ3) is 4.20. The van der Waals surface area contributed by atoms with Crippen LogP contribution in [-0.2, 0) is 14.3 Å². The second kappa shape index (κ2) is 6.25. The maximum Gasteiger partial charge on any atom is 0.316 e. The monoisotopic (exact) mass is 336 g/mol. The maximum atomic E-state index is 13.0. The molecule has 9 heteroatoms. The van der Waals surface area contributed by atoms with Gasteiger partial charge in [0.05, 0.1) is 16.4 Å². The van der Waals surface area contributed by atoms with Gasteiger partial charge in [-0.25, -0.2) is 14.0 Å². The Morgan fingerprint density at radius 1 is 1.23 bits per heavy atom. The molecule has 2 rings (SSSR count). The van der Waals surface area contributed by atoms with Crippen molar-refractivity contribution in [1.29, 1.82) is 0 Å². The van der Waals surface area contributed by atoms with Gasteiger partial charge in [-0.15, -0.1) is 0 Å². The quantitative estimate of drug-likeness (QED) is 0.660. The highest BCUT2D eigenvalue weighted by Crippen LogP contribution is 2.36. The molecule has 1 aromatic carbocycles. The summed E-state index contributed by atoms with van der Waals surface area (Å²) in [5.41, 5.74) is -0.117. The van der Waals surface area contributed by atoms with E-state index >= 15 is 0 Å². The summed E-state index contributed by atoms with van der Waals surface area (Å²) in [6.45, 7) is -0.145. The van der Waals surface area contributed by atoms with Gasteiger partial charge < -0.3 is 0 Å². The molecule has 0 saturated heterocycles. The Morgan fingerprint density at radius 2 is 1.77 bits per heavy atom. The number of rotatable bonds is 5. The molecule has 0 bridgehead atoms. The van der Waals surface area contributed by atoms with Crippen LogP contribution in [0.2, 0.25) is 0 Å². The first-order chi connectivity index (χ1) is 10.2. The molecule has 0 spiro atoms. The summed E-state index contributed by atoms with van der Waals surface area (Å²) in [5, 5.41) is 8.67. The normalized spacial score (nSPS) is 19.0. The fourth-order valence-corrected chi connectivity index (χ4v) is 3.24. The maximum absolute atomic E-state index is 13.0. The van der Waals surface area contributed by atoms with Gasteiger partial charge in [0, 0.05) is 25.0 Å². The van der Waals surface area contributed by atoms with E-state index in [1.165, 1.54) is 0 Å². The molecule has 0 heterocycles. The average molecular weight is 336 g/mol. The van der Waals surface area contributed by atoms with Crippen LogP contribution in [0.15, 0.2) is 29.2 Å². The summed E-state index contributed by atoms with van der Waals surface area (Å²) in [6.07, 6.45) is -0.0779. The fourth-order valence-electron chi connectivity index (χ4n) is 2.26. The van der Waals surface area contributed by atoms with Crippen molar-refractivity contribution in [3.05, 3.63) is 29.2 Å². The minimum absolute atomic E-state index is 0.117. The Hall–Kier alpha value is -1.61. The fraction of sp³-hybridized carbons (Fsp3) is 0.538. The van der Waals surface area contributed by atoms with Gasteiger partial charge in [-0.3, -0.25) is 4.18 Å². The highest BCUT2D eigenvalue weighted by atomic mass is 32.2.